The van der Waals surface area contributed by atoms with Gasteiger partial charge >= 0.3 is 5.97 Å². The number of rotatable bonds is 3. The standard InChI is InChI=1S/C15H17FN2O3/c16-11-6-9(3-4-10(11)15(20)21)18-14(19)12-7-1-2-8(5-7)13(12)17/h3-4,6-8,12-13H,1-2,5,17H2,(H,18,19)(H,20,21). The van der Waals surface area contributed by atoms with Crippen LogP contribution in [0.2, 0.25) is 0 Å². The van der Waals surface area contributed by atoms with E-state index in [1.165, 1.54) is 6.07 Å². The third kappa shape index (κ3) is 2.40. The number of nitrogens with two attached hydrogens (primary N) is 1. The molecule has 5 nitrogen and oxygen atoms in total. The van der Waals surface area contributed by atoms with E-state index in [-0.39, 0.29) is 23.6 Å². The predicted molar refractivity (Wildman–Crippen MR) is 74.3 cm³/mol. The van der Waals surface area contributed by atoms with Crippen molar-refractivity contribution in [3.05, 3.63) is 29.6 Å². The summed E-state index contributed by atoms with van der Waals surface area (Å²) in [7, 11) is 0. The van der Waals surface area contributed by atoms with E-state index in [4.69, 9.17) is 10.8 Å². The van der Waals surface area contributed by atoms with Crippen LogP contribution in [-0.4, -0.2) is 23.0 Å². The van der Waals surface area contributed by atoms with E-state index in [0.29, 0.717) is 11.8 Å². The van der Waals surface area contributed by atoms with Crippen molar-refractivity contribution >= 4 is 17.6 Å². The van der Waals surface area contributed by atoms with Gasteiger partial charge in [-0.05, 0) is 49.3 Å². The first-order valence-electron chi connectivity index (χ1n) is 7.06. The first-order chi connectivity index (χ1) is 9.97. The monoisotopic (exact) mass is 292 g/mol. The number of fused-ring (bicyclic) bond motifs is 2. The maximum Gasteiger partial charge on any atom is 0.338 e. The second-order valence-electron chi connectivity index (χ2n) is 5.93. The quantitative estimate of drug-likeness (QED) is 0.792. The number of benzene rings is 1. The normalized spacial score (nSPS) is 30.4. The van der Waals surface area contributed by atoms with Crippen LogP contribution in [0, 0.1) is 23.6 Å². The lowest BCUT2D eigenvalue weighted by atomic mass is 9.84. The minimum atomic E-state index is -1.33. The number of nitrogens with one attached hydrogen (secondary N) is 1. The molecule has 6 heteroatoms. The van der Waals surface area contributed by atoms with Crippen molar-refractivity contribution in [2.24, 2.45) is 23.5 Å². The van der Waals surface area contributed by atoms with E-state index in [0.717, 1.165) is 31.4 Å². The lowest BCUT2D eigenvalue weighted by Gasteiger charge is -2.27. The molecule has 4 atom stereocenters. The minimum absolute atomic E-state index is 0.133. The summed E-state index contributed by atoms with van der Waals surface area (Å²) >= 11 is 0. The molecule has 0 saturated heterocycles. The Balaban J connectivity index is 1.73. The van der Waals surface area contributed by atoms with Crippen LogP contribution in [0.4, 0.5) is 10.1 Å². The number of carboxylic acid groups (broad SMARTS) is 1. The zero-order valence-electron chi connectivity index (χ0n) is 11.4. The number of hydrogen-bond donors (Lipinski definition) is 3. The first-order valence-corrected chi connectivity index (χ1v) is 7.06. The van der Waals surface area contributed by atoms with Gasteiger partial charge in [0.1, 0.15) is 5.82 Å². The van der Waals surface area contributed by atoms with Gasteiger partial charge in [0.15, 0.2) is 0 Å². The van der Waals surface area contributed by atoms with Crippen molar-refractivity contribution in [1.82, 2.24) is 0 Å². The molecule has 0 aliphatic heterocycles. The third-order valence-corrected chi connectivity index (χ3v) is 4.75. The average Bonchev–Trinajstić information content (AvgIpc) is 2.98. The number of carbonyl (C=O) groups is 2. The molecule has 1 amide bonds. The van der Waals surface area contributed by atoms with Gasteiger partial charge in [-0.3, -0.25) is 4.79 Å². The number of carboxylic acids is 1. The van der Waals surface area contributed by atoms with Crippen LogP contribution in [0.15, 0.2) is 18.2 Å². The summed E-state index contributed by atoms with van der Waals surface area (Å²) < 4.78 is 13.6. The number of carbonyl (C=O) groups excluding carboxylic acids is 1. The van der Waals surface area contributed by atoms with E-state index in [1.54, 1.807) is 0 Å². The summed E-state index contributed by atoms with van der Waals surface area (Å²) in [5, 5.41) is 11.4. The second kappa shape index (κ2) is 5.11. The number of aromatic carboxylic acids is 1. The molecule has 2 aliphatic carbocycles. The van der Waals surface area contributed by atoms with Crippen LogP contribution in [-0.2, 0) is 4.79 Å². The van der Waals surface area contributed by atoms with Gasteiger partial charge < -0.3 is 16.2 Å². The average molecular weight is 292 g/mol. The molecule has 0 heterocycles. The van der Waals surface area contributed by atoms with Gasteiger partial charge in [0.05, 0.1) is 11.5 Å². The number of anilines is 1. The van der Waals surface area contributed by atoms with Crippen LogP contribution < -0.4 is 11.1 Å². The Hall–Kier alpha value is -1.95. The molecule has 0 aromatic heterocycles. The molecule has 2 aliphatic rings. The van der Waals surface area contributed by atoms with Gasteiger partial charge in [0.2, 0.25) is 5.91 Å². The van der Waals surface area contributed by atoms with E-state index in [2.05, 4.69) is 5.32 Å². The van der Waals surface area contributed by atoms with Gasteiger partial charge in [-0.15, -0.1) is 0 Å². The number of hydrogen-bond acceptors (Lipinski definition) is 3. The molecule has 3 rings (SSSR count). The van der Waals surface area contributed by atoms with Crippen LogP contribution in [0.5, 0.6) is 0 Å². The van der Waals surface area contributed by atoms with E-state index in [9.17, 15) is 14.0 Å². The lowest BCUT2D eigenvalue weighted by Crippen LogP contribution is -2.42. The molecule has 1 aromatic carbocycles. The van der Waals surface area contributed by atoms with Crippen molar-refractivity contribution in [1.29, 1.82) is 0 Å². The Kier molecular flexibility index (Phi) is 3.41. The molecular formula is C15H17FN2O3. The van der Waals surface area contributed by atoms with Gasteiger partial charge in [-0.25, -0.2) is 9.18 Å². The molecule has 112 valence electrons. The van der Waals surface area contributed by atoms with Crippen LogP contribution in [0.3, 0.4) is 0 Å². The summed E-state index contributed by atoms with van der Waals surface area (Å²) in [6.45, 7) is 0. The topological polar surface area (TPSA) is 92.4 Å². The van der Waals surface area contributed by atoms with E-state index >= 15 is 0 Å². The van der Waals surface area contributed by atoms with Gasteiger partial charge in [-0.1, -0.05) is 0 Å². The molecule has 1 aromatic rings. The van der Waals surface area contributed by atoms with E-state index in [1.807, 2.05) is 0 Å². The van der Waals surface area contributed by atoms with Gasteiger partial charge in [0.25, 0.3) is 0 Å². The largest absolute Gasteiger partial charge is 0.478 e. The summed E-state index contributed by atoms with van der Waals surface area (Å²) in [5.74, 6) is -1.90. The molecular weight excluding hydrogens is 275 g/mol. The fraction of sp³-hybridized carbons (Fsp3) is 0.467. The second-order valence-corrected chi connectivity index (χ2v) is 5.93. The molecule has 0 spiro atoms. The maximum atomic E-state index is 13.6. The molecule has 2 fully saturated rings. The fourth-order valence-electron chi connectivity index (χ4n) is 3.72. The van der Waals surface area contributed by atoms with Crippen molar-refractivity contribution in [2.75, 3.05) is 5.32 Å². The summed E-state index contributed by atoms with van der Waals surface area (Å²) in [6.07, 6.45) is 3.09. The molecule has 2 saturated carbocycles. The first kappa shape index (κ1) is 14.0. The third-order valence-electron chi connectivity index (χ3n) is 4.75. The molecule has 4 N–H and O–H groups in total. The highest BCUT2D eigenvalue weighted by Gasteiger charge is 2.49. The maximum absolute atomic E-state index is 13.6. The summed E-state index contributed by atoms with van der Waals surface area (Å²) in [6, 6.07) is 3.43. The Morgan fingerprint density at radius 2 is 2.00 bits per heavy atom. The highest BCUT2D eigenvalue weighted by atomic mass is 19.1. The van der Waals surface area contributed by atoms with Crippen LogP contribution >= 0.6 is 0 Å². The summed E-state index contributed by atoms with van der Waals surface area (Å²) in [4.78, 5) is 23.1. The Morgan fingerprint density at radius 3 is 2.57 bits per heavy atom. The lowest BCUT2D eigenvalue weighted by molar-refractivity contribution is -0.121. The zero-order valence-corrected chi connectivity index (χ0v) is 11.4. The highest BCUT2D eigenvalue weighted by molar-refractivity contribution is 5.94. The van der Waals surface area contributed by atoms with Gasteiger partial charge in [0, 0.05) is 11.7 Å². The molecule has 21 heavy (non-hydrogen) atoms. The smallest absolute Gasteiger partial charge is 0.338 e. The van der Waals surface area contributed by atoms with E-state index < -0.39 is 17.3 Å². The predicted octanol–water partition coefficient (Wildman–Crippen LogP) is 1.84. The summed E-state index contributed by atoms with van der Waals surface area (Å²) in [5.41, 5.74) is 5.95. The molecule has 0 radical (unpaired) electrons. The van der Waals surface area contributed by atoms with Crippen molar-refractivity contribution in [3.8, 4) is 0 Å². The van der Waals surface area contributed by atoms with Crippen LogP contribution in [0.1, 0.15) is 29.6 Å². The van der Waals surface area contributed by atoms with Crippen molar-refractivity contribution in [3.63, 3.8) is 0 Å². The van der Waals surface area contributed by atoms with Crippen molar-refractivity contribution in [2.45, 2.75) is 25.3 Å². The van der Waals surface area contributed by atoms with Crippen LogP contribution in [0.25, 0.3) is 0 Å². The fourth-order valence-corrected chi connectivity index (χ4v) is 3.72. The number of halogens is 1. The van der Waals surface area contributed by atoms with Gasteiger partial charge in [-0.2, -0.15) is 0 Å². The number of amides is 1. The Bertz CT molecular complexity index is 603. The minimum Gasteiger partial charge on any atom is -0.478 e. The SMILES string of the molecule is NC1C2CCC(C2)C1C(=O)Nc1ccc(C(=O)O)c(F)c1. The Morgan fingerprint density at radius 1 is 1.29 bits per heavy atom. The zero-order chi connectivity index (χ0) is 15.1. The van der Waals surface area contributed by atoms with Crippen molar-refractivity contribution < 1.29 is 19.1 Å². The molecule has 2 bridgehead atoms. The molecule has 4 unspecified atom stereocenters. The Labute approximate surface area is 121 Å². The highest BCUT2D eigenvalue weighted by Crippen LogP contribution is 2.47.